The third-order valence-corrected chi connectivity index (χ3v) is 6.45. The van der Waals surface area contributed by atoms with Gasteiger partial charge in [0.05, 0.1) is 18.5 Å². The van der Waals surface area contributed by atoms with E-state index in [2.05, 4.69) is 27.7 Å². The fourth-order valence-corrected chi connectivity index (χ4v) is 4.34. The van der Waals surface area contributed by atoms with E-state index in [1.807, 2.05) is 42.5 Å². The van der Waals surface area contributed by atoms with Crippen molar-refractivity contribution >= 4 is 34.7 Å². The standard InChI is InChI=1S/C28H32N5O5/c1-38-24-14-15-25(26(20-24)33(36)37)30-28(35)32-18-16-31(17-19-32)23-12-10-22(11-13-23)29-27(34)9-5-8-21-6-3-2-4-7-21/h2-4,6-7,10-15,20,36H,5,8-9,16-19H2,1H3,(H,29,34)(H,30,35)/q-1. The SMILES string of the molecule is COc1ccc(NC(=O)N2CCN(c3ccc(NC(=O)CCCc4ccccc4)cc3)CC2)c(N([O-])O)c1. The molecule has 0 bridgehead atoms. The number of nitrogens with zero attached hydrogens (tertiary/aromatic N) is 3. The zero-order valence-electron chi connectivity index (χ0n) is 21.3. The van der Waals surface area contributed by atoms with Crippen LogP contribution in [0.3, 0.4) is 0 Å². The molecule has 0 saturated carbocycles. The Bertz CT molecular complexity index is 1210. The van der Waals surface area contributed by atoms with Crippen LogP contribution in [0.15, 0.2) is 72.8 Å². The zero-order chi connectivity index (χ0) is 26.9. The third kappa shape index (κ3) is 7.15. The molecule has 0 aromatic heterocycles. The van der Waals surface area contributed by atoms with E-state index < -0.39 is 0 Å². The summed E-state index contributed by atoms with van der Waals surface area (Å²) in [6.07, 6.45) is 2.13. The van der Waals surface area contributed by atoms with Gasteiger partial charge in [0.2, 0.25) is 5.91 Å². The Balaban J connectivity index is 1.23. The number of anilines is 4. The largest absolute Gasteiger partial charge is 0.733 e. The summed E-state index contributed by atoms with van der Waals surface area (Å²) in [4.78, 5) is 28.9. The number of piperazine rings is 1. The maximum atomic E-state index is 12.8. The van der Waals surface area contributed by atoms with Gasteiger partial charge >= 0.3 is 6.03 Å². The van der Waals surface area contributed by atoms with Crippen molar-refractivity contribution < 1.29 is 19.5 Å². The van der Waals surface area contributed by atoms with Crippen LogP contribution < -0.4 is 25.5 Å². The average Bonchev–Trinajstić information content (AvgIpc) is 2.94. The van der Waals surface area contributed by atoms with Crippen molar-refractivity contribution in [3.05, 3.63) is 83.6 Å². The number of urea groups is 1. The van der Waals surface area contributed by atoms with E-state index in [1.165, 1.54) is 24.8 Å². The fraction of sp³-hybridized carbons (Fsp3) is 0.286. The lowest BCUT2D eigenvalue weighted by molar-refractivity contribution is -0.116. The molecule has 3 aromatic carbocycles. The molecule has 1 fully saturated rings. The highest BCUT2D eigenvalue weighted by molar-refractivity contribution is 5.93. The van der Waals surface area contributed by atoms with Gasteiger partial charge in [-0.15, -0.1) is 0 Å². The molecule has 0 aliphatic carbocycles. The predicted octanol–water partition coefficient (Wildman–Crippen LogP) is 4.70. The molecule has 200 valence electrons. The summed E-state index contributed by atoms with van der Waals surface area (Å²) < 4.78 is 5.07. The van der Waals surface area contributed by atoms with Gasteiger partial charge in [-0.25, -0.2) is 4.79 Å². The fourth-order valence-electron chi connectivity index (χ4n) is 4.34. The monoisotopic (exact) mass is 518 g/mol. The lowest BCUT2D eigenvalue weighted by atomic mass is 10.1. The van der Waals surface area contributed by atoms with E-state index in [-0.39, 0.29) is 28.5 Å². The molecule has 0 spiro atoms. The molecule has 38 heavy (non-hydrogen) atoms. The van der Waals surface area contributed by atoms with Crippen molar-refractivity contribution in [1.29, 1.82) is 0 Å². The van der Waals surface area contributed by atoms with Crippen molar-refractivity contribution in [3.63, 3.8) is 0 Å². The summed E-state index contributed by atoms with van der Waals surface area (Å²) in [6, 6.07) is 21.9. The smallest absolute Gasteiger partial charge is 0.322 e. The van der Waals surface area contributed by atoms with Gasteiger partial charge in [-0.05, 0) is 54.8 Å². The van der Waals surface area contributed by atoms with Crippen molar-refractivity contribution in [2.24, 2.45) is 0 Å². The molecule has 1 aliphatic rings. The second kappa shape index (κ2) is 12.8. The zero-order valence-corrected chi connectivity index (χ0v) is 21.3. The van der Waals surface area contributed by atoms with Crippen molar-refractivity contribution in [2.75, 3.05) is 54.0 Å². The minimum Gasteiger partial charge on any atom is -0.733 e. The highest BCUT2D eigenvalue weighted by Gasteiger charge is 2.22. The summed E-state index contributed by atoms with van der Waals surface area (Å²) in [5.74, 6) is 0.379. The van der Waals surface area contributed by atoms with Gasteiger partial charge in [0.25, 0.3) is 0 Å². The number of methoxy groups -OCH3 is 1. The van der Waals surface area contributed by atoms with Crippen LogP contribution in [0.4, 0.5) is 27.5 Å². The molecule has 4 rings (SSSR count). The van der Waals surface area contributed by atoms with Gasteiger partial charge in [-0.2, -0.15) is 0 Å². The number of rotatable bonds is 9. The Hall–Kier alpha value is -4.28. The van der Waals surface area contributed by atoms with Crippen LogP contribution in [0.2, 0.25) is 0 Å². The van der Waals surface area contributed by atoms with E-state index in [9.17, 15) is 20.0 Å². The third-order valence-electron chi connectivity index (χ3n) is 6.45. The first-order chi connectivity index (χ1) is 18.4. The Morgan fingerprint density at radius 1 is 0.974 bits per heavy atom. The lowest BCUT2D eigenvalue weighted by Crippen LogP contribution is -2.50. The highest BCUT2D eigenvalue weighted by Crippen LogP contribution is 2.30. The van der Waals surface area contributed by atoms with Crippen LogP contribution in [0.25, 0.3) is 0 Å². The molecule has 0 radical (unpaired) electrons. The molecule has 1 heterocycles. The van der Waals surface area contributed by atoms with Crippen LogP contribution in [0, 0.1) is 5.21 Å². The van der Waals surface area contributed by atoms with E-state index in [1.54, 1.807) is 11.0 Å². The molecular formula is C28H32N5O5-. The topological polar surface area (TPSA) is 120 Å². The number of hydrogen-bond acceptors (Lipinski definition) is 7. The van der Waals surface area contributed by atoms with E-state index in [0.717, 1.165) is 24.2 Å². The van der Waals surface area contributed by atoms with Gasteiger partial charge in [0, 0.05) is 50.0 Å². The summed E-state index contributed by atoms with van der Waals surface area (Å²) in [5, 5.41) is 26.2. The molecule has 10 nitrogen and oxygen atoms in total. The normalized spacial score (nSPS) is 13.1. The van der Waals surface area contributed by atoms with E-state index in [0.29, 0.717) is 38.3 Å². The van der Waals surface area contributed by atoms with Gasteiger partial charge in [-0.3, -0.25) is 10.0 Å². The van der Waals surface area contributed by atoms with Gasteiger partial charge in [-0.1, -0.05) is 30.3 Å². The lowest BCUT2D eigenvalue weighted by Gasteiger charge is -2.36. The maximum absolute atomic E-state index is 12.8. The first-order valence-electron chi connectivity index (χ1n) is 12.5. The Morgan fingerprint density at radius 3 is 2.34 bits per heavy atom. The molecule has 3 aromatic rings. The van der Waals surface area contributed by atoms with Gasteiger partial charge in [0.15, 0.2) is 0 Å². The Morgan fingerprint density at radius 2 is 1.68 bits per heavy atom. The number of amides is 3. The summed E-state index contributed by atoms with van der Waals surface area (Å²) >= 11 is 0. The maximum Gasteiger partial charge on any atom is 0.322 e. The predicted molar refractivity (Wildman–Crippen MR) is 148 cm³/mol. The highest BCUT2D eigenvalue weighted by atomic mass is 16.8. The first kappa shape index (κ1) is 26.8. The number of carbonyl (C=O) groups excluding carboxylic acids is 2. The molecule has 0 unspecified atom stereocenters. The second-order valence-corrected chi connectivity index (χ2v) is 8.99. The van der Waals surface area contributed by atoms with Gasteiger partial charge < -0.3 is 35.6 Å². The van der Waals surface area contributed by atoms with Crippen LogP contribution in [-0.4, -0.2) is 55.3 Å². The van der Waals surface area contributed by atoms with Crippen LogP contribution in [0.5, 0.6) is 5.75 Å². The van der Waals surface area contributed by atoms with Gasteiger partial charge in [0.1, 0.15) is 5.75 Å². The van der Waals surface area contributed by atoms with Crippen molar-refractivity contribution in [3.8, 4) is 5.75 Å². The number of benzene rings is 3. The molecule has 0 atom stereocenters. The molecule has 1 aliphatic heterocycles. The number of carbonyl (C=O) groups is 2. The van der Waals surface area contributed by atoms with Crippen LogP contribution in [-0.2, 0) is 11.2 Å². The summed E-state index contributed by atoms with van der Waals surface area (Å²) in [5.41, 5.74) is 3.06. The first-order valence-corrected chi connectivity index (χ1v) is 12.5. The number of ether oxygens (including phenoxy) is 1. The van der Waals surface area contributed by atoms with E-state index in [4.69, 9.17) is 4.74 Å². The number of hydrogen-bond donors (Lipinski definition) is 3. The van der Waals surface area contributed by atoms with Crippen molar-refractivity contribution in [1.82, 2.24) is 4.90 Å². The van der Waals surface area contributed by atoms with Crippen LogP contribution in [0.1, 0.15) is 18.4 Å². The number of nitrogens with one attached hydrogen (secondary N) is 2. The van der Waals surface area contributed by atoms with Crippen molar-refractivity contribution in [2.45, 2.75) is 19.3 Å². The number of aryl methyl sites for hydroxylation is 1. The quantitative estimate of drug-likeness (QED) is 0.351. The molecule has 3 N–H and O–H groups in total. The average molecular weight is 519 g/mol. The minimum absolute atomic E-state index is 0.00498. The summed E-state index contributed by atoms with van der Waals surface area (Å²) in [7, 11) is 1.45. The molecular weight excluding hydrogens is 486 g/mol. The Labute approximate surface area is 222 Å². The molecule has 10 heteroatoms. The molecule has 1 saturated heterocycles. The summed E-state index contributed by atoms with van der Waals surface area (Å²) in [6.45, 7) is 2.22. The van der Waals surface area contributed by atoms with E-state index >= 15 is 0 Å². The Kier molecular flexibility index (Phi) is 9.02. The molecule has 3 amide bonds. The minimum atomic E-state index is -0.358. The second-order valence-electron chi connectivity index (χ2n) is 8.99. The van der Waals surface area contributed by atoms with Crippen LogP contribution >= 0.6 is 0 Å².